The molecule has 8 nitrogen and oxygen atoms in total. The molecule has 0 aliphatic heterocycles. The maximum absolute atomic E-state index is 12.9. The fourth-order valence-corrected chi connectivity index (χ4v) is 2.50. The molecule has 29 heavy (non-hydrogen) atoms. The zero-order chi connectivity index (χ0) is 20.8. The lowest BCUT2D eigenvalue weighted by Gasteiger charge is -2.13. The zero-order valence-electron chi connectivity index (χ0n) is 16.1. The van der Waals surface area contributed by atoms with Crippen molar-refractivity contribution >= 4 is 5.91 Å². The Hall–Kier alpha value is -3.62. The number of nitrogens with zero attached hydrogens (tertiary/aromatic N) is 2. The Bertz CT molecular complexity index is 975. The molecule has 1 heterocycles. The van der Waals surface area contributed by atoms with E-state index in [1.807, 2.05) is 0 Å². The third-order valence-corrected chi connectivity index (χ3v) is 4.03. The number of nitrogens with one attached hydrogen (secondary N) is 1. The van der Waals surface area contributed by atoms with E-state index in [1.54, 1.807) is 32.2 Å². The topological polar surface area (TPSA) is 95.7 Å². The second kappa shape index (κ2) is 9.05. The number of carbonyl (C=O) groups excluding carboxylic acids is 1. The molecule has 1 amide bonds. The van der Waals surface area contributed by atoms with Gasteiger partial charge in [0, 0.05) is 6.07 Å². The number of halogens is 1. The number of amides is 1. The predicted molar refractivity (Wildman–Crippen MR) is 101 cm³/mol. The highest BCUT2D eigenvalue weighted by Crippen LogP contribution is 2.31. The lowest BCUT2D eigenvalue weighted by molar-refractivity contribution is -0.127. The molecular weight excluding hydrogens is 381 g/mol. The Kier molecular flexibility index (Phi) is 6.28. The zero-order valence-corrected chi connectivity index (χ0v) is 16.1. The summed E-state index contributed by atoms with van der Waals surface area (Å²) < 4.78 is 34.1. The van der Waals surface area contributed by atoms with Crippen LogP contribution >= 0.6 is 0 Å². The third kappa shape index (κ3) is 5.01. The number of carbonyl (C=O) groups is 1. The maximum Gasteiger partial charge on any atom is 0.261 e. The Labute approximate surface area is 166 Å². The SMILES string of the molecule is COc1ccc(-c2noc(CNC(=O)[C@H](C)Oc3ccc(F)cc3)n2)c(OC)c1. The summed E-state index contributed by atoms with van der Waals surface area (Å²) in [5.74, 6) is 1.34. The summed E-state index contributed by atoms with van der Waals surface area (Å²) in [6, 6.07) is 10.6. The summed E-state index contributed by atoms with van der Waals surface area (Å²) in [7, 11) is 3.09. The molecular formula is C20H20FN3O5. The molecule has 0 fully saturated rings. The molecule has 0 aliphatic rings. The van der Waals surface area contributed by atoms with E-state index in [0.717, 1.165) is 0 Å². The average molecular weight is 401 g/mol. The summed E-state index contributed by atoms with van der Waals surface area (Å²) in [6.07, 6.45) is -0.787. The molecule has 1 atom stereocenters. The van der Waals surface area contributed by atoms with E-state index in [0.29, 0.717) is 28.6 Å². The van der Waals surface area contributed by atoms with Gasteiger partial charge >= 0.3 is 0 Å². The first-order chi connectivity index (χ1) is 14.0. The van der Waals surface area contributed by atoms with Crippen LogP contribution in [-0.4, -0.2) is 36.4 Å². The minimum atomic E-state index is -0.787. The van der Waals surface area contributed by atoms with Crippen molar-refractivity contribution in [1.82, 2.24) is 15.5 Å². The molecule has 9 heteroatoms. The van der Waals surface area contributed by atoms with Gasteiger partial charge in [-0.3, -0.25) is 4.79 Å². The summed E-state index contributed by atoms with van der Waals surface area (Å²) in [5.41, 5.74) is 0.627. The van der Waals surface area contributed by atoms with Crippen molar-refractivity contribution in [3.63, 3.8) is 0 Å². The quantitative estimate of drug-likeness (QED) is 0.620. The Morgan fingerprint density at radius 1 is 1.14 bits per heavy atom. The molecule has 0 unspecified atom stereocenters. The average Bonchev–Trinajstić information content (AvgIpc) is 3.21. The summed E-state index contributed by atoms with van der Waals surface area (Å²) in [5, 5.41) is 6.58. The molecule has 1 aromatic heterocycles. The maximum atomic E-state index is 12.9. The van der Waals surface area contributed by atoms with Gasteiger partial charge in [-0.15, -0.1) is 0 Å². The first kappa shape index (κ1) is 20.1. The molecule has 0 saturated carbocycles. The van der Waals surface area contributed by atoms with Crippen LogP contribution < -0.4 is 19.5 Å². The number of methoxy groups -OCH3 is 2. The van der Waals surface area contributed by atoms with Crippen molar-refractivity contribution in [2.24, 2.45) is 0 Å². The number of benzene rings is 2. The number of aromatic nitrogens is 2. The Morgan fingerprint density at radius 3 is 2.55 bits per heavy atom. The minimum Gasteiger partial charge on any atom is -0.497 e. The van der Waals surface area contributed by atoms with Gasteiger partial charge in [0.25, 0.3) is 5.91 Å². The second-order valence-corrected chi connectivity index (χ2v) is 6.01. The van der Waals surface area contributed by atoms with Crippen LogP contribution in [0.1, 0.15) is 12.8 Å². The summed E-state index contributed by atoms with van der Waals surface area (Å²) in [4.78, 5) is 16.5. The van der Waals surface area contributed by atoms with Crippen molar-refractivity contribution in [2.75, 3.05) is 14.2 Å². The molecule has 0 saturated heterocycles. The highest BCUT2D eigenvalue weighted by Gasteiger charge is 2.18. The van der Waals surface area contributed by atoms with E-state index in [2.05, 4.69) is 15.5 Å². The van der Waals surface area contributed by atoms with Gasteiger partial charge in [-0.2, -0.15) is 4.98 Å². The fourth-order valence-electron chi connectivity index (χ4n) is 2.50. The fraction of sp³-hybridized carbons (Fsp3) is 0.250. The van der Waals surface area contributed by atoms with Crippen LogP contribution in [0.2, 0.25) is 0 Å². The van der Waals surface area contributed by atoms with E-state index < -0.39 is 6.10 Å². The standard InChI is InChI=1S/C20H20FN3O5/c1-12(28-14-6-4-13(21)5-7-14)20(25)22-11-18-23-19(24-29-18)16-9-8-15(26-2)10-17(16)27-3/h4-10,12H,11H2,1-3H3,(H,22,25)/t12-/m0/s1. The van der Waals surface area contributed by atoms with Crippen LogP contribution in [0, 0.1) is 5.82 Å². The number of hydrogen-bond donors (Lipinski definition) is 1. The van der Waals surface area contributed by atoms with Crippen LogP contribution in [0.5, 0.6) is 17.2 Å². The van der Waals surface area contributed by atoms with E-state index in [9.17, 15) is 9.18 Å². The van der Waals surface area contributed by atoms with Crippen LogP contribution in [-0.2, 0) is 11.3 Å². The van der Waals surface area contributed by atoms with Gasteiger partial charge in [-0.1, -0.05) is 5.16 Å². The number of rotatable bonds is 8. The van der Waals surface area contributed by atoms with Crippen molar-refractivity contribution in [2.45, 2.75) is 19.6 Å². The summed E-state index contributed by atoms with van der Waals surface area (Å²) >= 11 is 0. The molecule has 1 N–H and O–H groups in total. The lowest BCUT2D eigenvalue weighted by atomic mass is 10.2. The van der Waals surface area contributed by atoms with E-state index in [1.165, 1.54) is 31.4 Å². The van der Waals surface area contributed by atoms with Gasteiger partial charge in [-0.05, 0) is 43.3 Å². The Morgan fingerprint density at radius 2 is 1.86 bits per heavy atom. The molecule has 0 bridgehead atoms. The number of ether oxygens (including phenoxy) is 3. The van der Waals surface area contributed by atoms with Gasteiger partial charge in [0.1, 0.15) is 23.1 Å². The highest BCUT2D eigenvalue weighted by atomic mass is 19.1. The van der Waals surface area contributed by atoms with E-state index in [-0.39, 0.29) is 24.2 Å². The first-order valence-electron chi connectivity index (χ1n) is 8.75. The van der Waals surface area contributed by atoms with Crippen molar-refractivity contribution in [1.29, 1.82) is 0 Å². The second-order valence-electron chi connectivity index (χ2n) is 6.01. The molecule has 0 spiro atoms. The normalized spacial score (nSPS) is 11.6. The van der Waals surface area contributed by atoms with Crippen molar-refractivity contribution in [3.05, 3.63) is 54.2 Å². The van der Waals surface area contributed by atoms with Gasteiger partial charge < -0.3 is 24.1 Å². The smallest absolute Gasteiger partial charge is 0.261 e. The third-order valence-electron chi connectivity index (χ3n) is 4.03. The number of hydrogen-bond acceptors (Lipinski definition) is 7. The van der Waals surface area contributed by atoms with Gasteiger partial charge in [0.15, 0.2) is 6.10 Å². The van der Waals surface area contributed by atoms with Gasteiger partial charge in [0.2, 0.25) is 11.7 Å². The molecule has 2 aromatic carbocycles. The van der Waals surface area contributed by atoms with Crippen LogP contribution in [0.25, 0.3) is 11.4 Å². The van der Waals surface area contributed by atoms with Crippen molar-refractivity contribution < 1.29 is 27.9 Å². The van der Waals surface area contributed by atoms with Crippen LogP contribution in [0.3, 0.4) is 0 Å². The van der Waals surface area contributed by atoms with E-state index >= 15 is 0 Å². The Balaban J connectivity index is 1.60. The first-order valence-corrected chi connectivity index (χ1v) is 8.75. The molecule has 3 rings (SSSR count). The summed E-state index contributed by atoms with van der Waals surface area (Å²) in [6.45, 7) is 1.61. The van der Waals surface area contributed by atoms with Gasteiger partial charge in [-0.25, -0.2) is 4.39 Å². The molecule has 0 aliphatic carbocycles. The largest absolute Gasteiger partial charge is 0.497 e. The van der Waals surface area contributed by atoms with Crippen molar-refractivity contribution in [3.8, 4) is 28.6 Å². The monoisotopic (exact) mass is 401 g/mol. The van der Waals surface area contributed by atoms with E-state index in [4.69, 9.17) is 18.7 Å². The highest BCUT2D eigenvalue weighted by molar-refractivity contribution is 5.80. The van der Waals surface area contributed by atoms with Crippen LogP contribution in [0.4, 0.5) is 4.39 Å². The minimum absolute atomic E-state index is 0.0292. The molecule has 0 radical (unpaired) electrons. The lowest BCUT2D eigenvalue weighted by Crippen LogP contribution is -2.35. The predicted octanol–water partition coefficient (Wildman–Crippen LogP) is 2.98. The molecule has 3 aromatic rings. The molecule has 152 valence electrons. The van der Waals surface area contributed by atoms with Gasteiger partial charge in [0.05, 0.1) is 26.3 Å². The van der Waals surface area contributed by atoms with Crippen LogP contribution in [0.15, 0.2) is 47.0 Å².